The Kier molecular flexibility index (Phi) is 5.73. The van der Waals surface area contributed by atoms with Crippen molar-refractivity contribution < 1.29 is 31.4 Å². The number of aromatic nitrogens is 3. The van der Waals surface area contributed by atoms with E-state index in [1.54, 1.807) is 18.3 Å². The summed E-state index contributed by atoms with van der Waals surface area (Å²) in [6, 6.07) is 11.5. The second-order valence-electron chi connectivity index (χ2n) is 7.14. The van der Waals surface area contributed by atoms with E-state index in [1.165, 1.54) is 29.1 Å². The average Bonchev–Trinajstić information content (AvgIpc) is 2.75. The number of aliphatic hydroxyl groups excluding tert-OH is 1. The van der Waals surface area contributed by atoms with Crippen LogP contribution in [0.2, 0.25) is 0 Å². The first-order chi connectivity index (χ1) is 15.2. The first-order valence-electron chi connectivity index (χ1n) is 9.41. The van der Waals surface area contributed by atoms with E-state index in [0.717, 1.165) is 5.69 Å². The van der Waals surface area contributed by atoms with Crippen molar-refractivity contribution in [3.05, 3.63) is 66.1 Å². The van der Waals surface area contributed by atoms with Gasteiger partial charge in [0.25, 0.3) is 0 Å². The molecule has 2 aromatic heterocycles. The monoisotopic (exact) mass is 466 g/mol. The number of sulfonamides is 1. The Hall–Kier alpha value is -3.25. The number of aliphatic hydroxyl groups is 1. The third-order valence-electron chi connectivity index (χ3n) is 5.00. The summed E-state index contributed by atoms with van der Waals surface area (Å²) in [5.74, 6) is -0.470. The molecule has 0 spiro atoms. The molecule has 1 aliphatic rings. The van der Waals surface area contributed by atoms with Crippen LogP contribution in [0.4, 0.5) is 19.0 Å². The van der Waals surface area contributed by atoms with Crippen molar-refractivity contribution in [2.75, 3.05) is 11.3 Å². The van der Waals surface area contributed by atoms with Crippen molar-refractivity contribution in [2.45, 2.75) is 18.0 Å². The highest BCUT2D eigenvalue weighted by molar-refractivity contribution is 7.93. The van der Waals surface area contributed by atoms with Crippen LogP contribution in [0.1, 0.15) is 17.4 Å². The summed E-state index contributed by atoms with van der Waals surface area (Å²) >= 11 is 0. The number of hydrogen-bond donors (Lipinski definition) is 2. The minimum Gasteiger partial charge on any atom is -0.493 e. The molecule has 32 heavy (non-hydrogen) atoms. The molecule has 0 fully saturated rings. The predicted octanol–water partition coefficient (Wildman–Crippen LogP) is 3.08. The maximum Gasteiger partial charge on any atom is 0.516 e. The van der Waals surface area contributed by atoms with Gasteiger partial charge in [-0.15, -0.1) is 5.10 Å². The second kappa shape index (κ2) is 8.36. The number of fused-ring (bicyclic) bond motifs is 1. The Morgan fingerprint density at radius 1 is 1.16 bits per heavy atom. The summed E-state index contributed by atoms with van der Waals surface area (Å²) in [6.07, 6.45) is 2.55. The highest BCUT2D eigenvalue weighted by Gasteiger charge is 2.46. The third-order valence-corrected chi connectivity index (χ3v) is 6.07. The molecule has 0 aliphatic carbocycles. The lowest BCUT2D eigenvalue weighted by molar-refractivity contribution is -0.0429. The number of anilines is 1. The molecule has 4 rings (SSSR count). The van der Waals surface area contributed by atoms with Gasteiger partial charge in [-0.05, 0) is 36.2 Å². The molecule has 2 unspecified atom stereocenters. The molecule has 1 aromatic carbocycles. The maximum atomic E-state index is 12.8. The predicted molar refractivity (Wildman–Crippen MR) is 108 cm³/mol. The lowest BCUT2D eigenvalue weighted by atomic mass is 9.88. The minimum atomic E-state index is -5.67. The van der Waals surface area contributed by atoms with Gasteiger partial charge in [0.1, 0.15) is 5.75 Å². The molecule has 12 heteroatoms. The van der Waals surface area contributed by atoms with Crippen LogP contribution in [0.5, 0.6) is 5.75 Å². The van der Waals surface area contributed by atoms with Gasteiger partial charge in [0, 0.05) is 28.9 Å². The van der Waals surface area contributed by atoms with E-state index in [1.807, 2.05) is 12.1 Å². The van der Waals surface area contributed by atoms with Gasteiger partial charge in [0.15, 0.2) is 5.82 Å². The fraction of sp³-hybridized carbons (Fsp3) is 0.250. The van der Waals surface area contributed by atoms with E-state index in [2.05, 4.69) is 15.2 Å². The summed E-state index contributed by atoms with van der Waals surface area (Å²) in [7, 11) is -5.67. The molecule has 0 bridgehead atoms. The molecule has 1 aliphatic heterocycles. The summed E-state index contributed by atoms with van der Waals surface area (Å²) < 4.78 is 68.5. The zero-order chi connectivity index (χ0) is 22.9. The van der Waals surface area contributed by atoms with E-state index in [-0.39, 0.29) is 18.1 Å². The molecule has 0 amide bonds. The lowest BCUT2D eigenvalue weighted by Crippen LogP contribution is -2.30. The van der Waals surface area contributed by atoms with Crippen LogP contribution in [0.3, 0.4) is 0 Å². The van der Waals surface area contributed by atoms with Crippen LogP contribution < -0.4 is 9.46 Å². The zero-order valence-corrected chi connectivity index (χ0v) is 17.1. The highest BCUT2D eigenvalue weighted by Crippen LogP contribution is 2.40. The van der Waals surface area contributed by atoms with E-state index in [4.69, 9.17) is 4.74 Å². The van der Waals surface area contributed by atoms with Crippen LogP contribution in [-0.4, -0.2) is 40.8 Å². The van der Waals surface area contributed by atoms with Gasteiger partial charge in [-0.25, -0.2) is 0 Å². The zero-order valence-electron chi connectivity index (χ0n) is 16.3. The Labute approximate surface area is 181 Å². The van der Waals surface area contributed by atoms with Crippen molar-refractivity contribution >= 4 is 15.8 Å². The quantitative estimate of drug-likeness (QED) is 0.594. The van der Waals surface area contributed by atoms with Crippen molar-refractivity contribution in [2.24, 2.45) is 5.92 Å². The number of pyridine rings is 1. The fourth-order valence-corrected chi connectivity index (χ4v) is 3.92. The van der Waals surface area contributed by atoms with E-state index >= 15 is 0 Å². The van der Waals surface area contributed by atoms with Crippen molar-refractivity contribution in [1.29, 1.82) is 0 Å². The van der Waals surface area contributed by atoms with Gasteiger partial charge in [0.05, 0.1) is 18.9 Å². The minimum absolute atomic E-state index is 0.0734. The van der Waals surface area contributed by atoms with Crippen LogP contribution in [0.15, 0.2) is 54.9 Å². The van der Waals surface area contributed by atoms with E-state index in [9.17, 15) is 26.7 Å². The van der Waals surface area contributed by atoms with Crippen molar-refractivity contribution in [1.82, 2.24) is 15.2 Å². The number of ether oxygens (including phenoxy) is 1. The molecular weight excluding hydrogens is 449 g/mol. The summed E-state index contributed by atoms with van der Waals surface area (Å²) in [5, 5.41) is 17.8. The molecule has 0 radical (unpaired) electrons. The average molecular weight is 466 g/mol. The molecule has 3 aromatic rings. The molecule has 0 saturated heterocycles. The van der Waals surface area contributed by atoms with Gasteiger partial charge >= 0.3 is 15.5 Å². The second-order valence-corrected chi connectivity index (χ2v) is 8.81. The van der Waals surface area contributed by atoms with Crippen LogP contribution >= 0.6 is 0 Å². The van der Waals surface area contributed by atoms with Gasteiger partial charge in [-0.2, -0.15) is 26.7 Å². The molecule has 3 heterocycles. The number of benzene rings is 1. The summed E-state index contributed by atoms with van der Waals surface area (Å²) in [6.45, 7) is 0.205. The first-order valence-corrected chi connectivity index (χ1v) is 10.9. The molecule has 2 atom stereocenters. The van der Waals surface area contributed by atoms with Crippen LogP contribution in [-0.2, 0) is 16.4 Å². The van der Waals surface area contributed by atoms with Crippen molar-refractivity contribution in [3.63, 3.8) is 0 Å². The van der Waals surface area contributed by atoms with E-state index in [0.29, 0.717) is 23.3 Å². The number of nitrogens with one attached hydrogen (secondary N) is 1. The Morgan fingerprint density at radius 3 is 2.69 bits per heavy atom. The van der Waals surface area contributed by atoms with Gasteiger partial charge in [-0.3, -0.25) is 9.71 Å². The SMILES string of the molecule is O=S(=O)(Nc1nnccc1-c1ccc2c(c1)OCC(Cc1ccccn1)C2O)C(F)(F)F. The maximum absolute atomic E-state index is 12.8. The highest BCUT2D eigenvalue weighted by atomic mass is 32.2. The Morgan fingerprint density at radius 2 is 1.97 bits per heavy atom. The normalized spacial score (nSPS) is 18.5. The molecular formula is C20H17F3N4O4S. The fourth-order valence-electron chi connectivity index (χ4n) is 3.40. The largest absolute Gasteiger partial charge is 0.516 e. The van der Waals surface area contributed by atoms with Gasteiger partial charge in [-0.1, -0.05) is 18.2 Å². The molecule has 168 valence electrons. The molecule has 8 nitrogen and oxygen atoms in total. The van der Waals surface area contributed by atoms with E-state index < -0.39 is 27.5 Å². The summed E-state index contributed by atoms with van der Waals surface area (Å²) in [5.41, 5.74) is -3.77. The number of hydrogen-bond acceptors (Lipinski definition) is 7. The van der Waals surface area contributed by atoms with Crippen molar-refractivity contribution in [3.8, 4) is 16.9 Å². The topological polar surface area (TPSA) is 114 Å². The first kappa shape index (κ1) is 22.0. The van der Waals surface area contributed by atoms with Crippen LogP contribution in [0, 0.1) is 5.92 Å². The smallest absolute Gasteiger partial charge is 0.493 e. The number of nitrogens with zero attached hydrogens (tertiary/aromatic N) is 3. The number of rotatable bonds is 5. The molecule has 0 saturated carbocycles. The van der Waals surface area contributed by atoms with Crippen LogP contribution in [0.25, 0.3) is 11.1 Å². The van der Waals surface area contributed by atoms with Gasteiger partial charge in [0.2, 0.25) is 0 Å². The number of halogens is 3. The lowest BCUT2D eigenvalue weighted by Gasteiger charge is -2.30. The Balaban J connectivity index is 1.61. The Bertz CT molecular complexity index is 1220. The summed E-state index contributed by atoms with van der Waals surface area (Å²) in [4.78, 5) is 4.26. The molecule has 2 N–H and O–H groups in total. The van der Waals surface area contributed by atoms with Gasteiger partial charge < -0.3 is 9.84 Å². The standard InChI is InChI=1S/C20H17F3N4O4S/c21-20(22,23)32(29,30)27-19-15(6-8-25-26-19)12-4-5-16-17(10-12)31-11-13(18(16)28)9-14-3-1-2-7-24-14/h1-8,10,13,18,28H,9,11H2,(H,26,27). The number of alkyl halides is 3. The third kappa shape index (κ3) is 4.36.